The first-order chi connectivity index (χ1) is 8.88. The monoisotopic (exact) mass is 307 g/mol. The molecule has 19 heavy (non-hydrogen) atoms. The number of hydrogen-bond acceptors (Lipinski definition) is 4. The number of rotatable bonds is 2. The Morgan fingerprint density at radius 2 is 2.00 bits per heavy atom. The third-order valence-corrected chi connectivity index (χ3v) is 3.00. The minimum atomic E-state index is -4.60. The topological polar surface area (TPSA) is 54.9 Å². The molecule has 0 spiro atoms. The normalized spacial score (nSPS) is 11.4. The molecular formula is C10H5ClF3N3OS. The molecule has 1 aromatic heterocycles. The van der Waals surface area contributed by atoms with Gasteiger partial charge in [-0.3, -0.25) is 10.1 Å². The van der Waals surface area contributed by atoms with Crippen LogP contribution in [0.4, 0.5) is 18.3 Å². The number of hydrogen-bond donors (Lipinski definition) is 1. The molecule has 0 saturated carbocycles. The van der Waals surface area contributed by atoms with E-state index in [1.165, 1.54) is 12.1 Å². The lowest BCUT2D eigenvalue weighted by Crippen LogP contribution is -2.18. The summed E-state index contributed by atoms with van der Waals surface area (Å²) in [5.74, 6) is -0.916. The number of anilines is 1. The molecule has 4 nitrogen and oxygen atoms in total. The Hall–Kier alpha value is -1.67. The van der Waals surface area contributed by atoms with Crippen molar-refractivity contribution < 1.29 is 18.0 Å². The fraction of sp³-hybridized carbons (Fsp3) is 0.100. The van der Waals surface area contributed by atoms with Gasteiger partial charge in [0, 0.05) is 11.5 Å². The second kappa shape index (κ2) is 5.14. The van der Waals surface area contributed by atoms with E-state index in [0.29, 0.717) is 0 Å². The lowest BCUT2D eigenvalue weighted by molar-refractivity contribution is -0.137. The molecule has 0 bridgehead atoms. The van der Waals surface area contributed by atoms with E-state index in [2.05, 4.69) is 14.7 Å². The number of amides is 1. The smallest absolute Gasteiger partial charge is 0.297 e. The average molecular weight is 308 g/mol. The van der Waals surface area contributed by atoms with Gasteiger partial charge < -0.3 is 0 Å². The molecule has 0 fully saturated rings. The first-order valence-corrected chi connectivity index (χ1v) is 6.00. The van der Waals surface area contributed by atoms with Gasteiger partial charge in [0.05, 0.1) is 11.1 Å². The number of carbonyl (C=O) groups is 1. The third kappa shape index (κ3) is 3.21. The van der Waals surface area contributed by atoms with Crippen LogP contribution in [0.1, 0.15) is 15.9 Å². The summed E-state index contributed by atoms with van der Waals surface area (Å²) >= 11 is 6.23. The highest BCUT2D eigenvalue weighted by atomic mass is 35.5. The molecule has 0 radical (unpaired) electrons. The van der Waals surface area contributed by atoms with Crippen LogP contribution in [-0.2, 0) is 6.18 Å². The predicted octanol–water partition coefficient (Wildman–Crippen LogP) is 3.46. The van der Waals surface area contributed by atoms with E-state index in [-0.39, 0.29) is 10.4 Å². The summed E-state index contributed by atoms with van der Waals surface area (Å²) in [6.45, 7) is 0. The van der Waals surface area contributed by atoms with Crippen LogP contribution in [0.2, 0.25) is 5.28 Å². The number of carbonyl (C=O) groups excluding carboxylic acids is 1. The Balaban J connectivity index is 2.29. The van der Waals surface area contributed by atoms with Gasteiger partial charge in [-0.15, -0.1) is 0 Å². The Bertz CT molecular complexity index is 614. The highest BCUT2D eigenvalue weighted by Gasteiger charge is 2.34. The summed E-state index contributed by atoms with van der Waals surface area (Å²) in [4.78, 5) is 15.4. The molecule has 0 unspecified atom stereocenters. The summed E-state index contributed by atoms with van der Waals surface area (Å²) in [5.41, 5.74) is -1.50. The van der Waals surface area contributed by atoms with Crippen molar-refractivity contribution in [1.82, 2.24) is 9.36 Å². The van der Waals surface area contributed by atoms with Crippen LogP contribution in [0.25, 0.3) is 0 Å². The van der Waals surface area contributed by atoms with E-state index in [1.807, 2.05) is 0 Å². The fourth-order valence-electron chi connectivity index (χ4n) is 1.35. The summed E-state index contributed by atoms with van der Waals surface area (Å²) in [6, 6.07) is 4.47. The van der Waals surface area contributed by atoms with Gasteiger partial charge in [0.2, 0.25) is 10.4 Å². The van der Waals surface area contributed by atoms with E-state index in [4.69, 9.17) is 11.6 Å². The molecule has 0 saturated heterocycles. The largest absolute Gasteiger partial charge is 0.417 e. The van der Waals surface area contributed by atoms with Gasteiger partial charge in [-0.1, -0.05) is 12.1 Å². The van der Waals surface area contributed by atoms with Gasteiger partial charge in [-0.2, -0.15) is 22.5 Å². The summed E-state index contributed by atoms with van der Waals surface area (Å²) < 4.78 is 41.8. The van der Waals surface area contributed by atoms with Crippen molar-refractivity contribution in [2.24, 2.45) is 0 Å². The molecule has 0 aliphatic heterocycles. The molecule has 100 valence electrons. The Kier molecular flexibility index (Phi) is 3.72. The van der Waals surface area contributed by atoms with Crippen LogP contribution >= 0.6 is 23.1 Å². The zero-order valence-electron chi connectivity index (χ0n) is 9.03. The molecule has 1 amide bonds. The fourth-order valence-corrected chi connectivity index (χ4v) is 2.06. The molecule has 1 heterocycles. The van der Waals surface area contributed by atoms with Gasteiger partial charge in [-0.25, -0.2) is 0 Å². The van der Waals surface area contributed by atoms with Crippen LogP contribution in [0.5, 0.6) is 0 Å². The summed E-state index contributed by atoms with van der Waals surface area (Å²) in [6.07, 6.45) is -4.60. The molecule has 0 atom stereocenters. The number of nitrogens with one attached hydrogen (secondary N) is 1. The van der Waals surface area contributed by atoms with Crippen molar-refractivity contribution in [1.29, 1.82) is 0 Å². The molecule has 2 aromatic rings. The van der Waals surface area contributed by atoms with Crippen molar-refractivity contribution >= 4 is 34.2 Å². The SMILES string of the molecule is O=C(Nc1nc(Cl)ns1)c1ccccc1C(F)(F)F. The first-order valence-electron chi connectivity index (χ1n) is 4.84. The Morgan fingerprint density at radius 3 is 2.58 bits per heavy atom. The van der Waals surface area contributed by atoms with E-state index in [1.54, 1.807) is 0 Å². The van der Waals surface area contributed by atoms with Crippen LogP contribution in [-0.4, -0.2) is 15.3 Å². The average Bonchev–Trinajstić information content (AvgIpc) is 2.73. The second-order valence-electron chi connectivity index (χ2n) is 3.37. The summed E-state index contributed by atoms with van der Waals surface area (Å²) in [7, 11) is 0. The third-order valence-electron chi connectivity index (χ3n) is 2.10. The molecule has 1 aromatic carbocycles. The van der Waals surface area contributed by atoms with E-state index < -0.39 is 23.2 Å². The zero-order chi connectivity index (χ0) is 14.0. The van der Waals surface area contributed by atoms with E-state index in [9.17, 15) is 18.0 Å². The lowest BCUT2D eigenvalue weighted by atomic mass is 10.1. The Labute approximate surface area is 114 Å². The number of aromatic nitrogens is 2. The van der Waals surface area contributed by atoms with Gasteiger partial charge in [-0.05, 0) is 23.7 Å². The Morgan fingerprint density at radius 1 is 1.32 bits per heavy atom. The molecule has 0 aliphatic rings. The number of benzene rings is 1. The van der Waals surface area contributed by atoms with Crippen LogP contribution < -0.4 is 5.32 Å². The maximum absolute atomic E-state index is 12.7. The van der Waals surface area contributed by atoms with Gasteiger partial charge >= 0.3 is 6.18 Å². The number of halogens is 4. The maximum Gasteiger partial charge on any atom is 0.417 e. The minimum Gasteiger partial charge on any atom is -0.297 e. The number of nitrogens with zero attached hydrogens (tertiary/aromatic N) is 2. The summed E-state index contributed by atoms with van der Waals surface area (Å²) in [5, 5.41) is 2.17. The standard InChI is InChI=1S/C10H5ClF3N3OS/c11-8-16-9(19-17-8)15-7(18)5-3-1-2-4-6(5)10(12,13)14/h1-4H,(H,15,16,17,18). The predicted molar refractivity (Wildman–Crippen MR) is 64.3 cm³/mol. The highest BCUT2D eigenvalue weighted by molar-refractivity contribution is 7.10. The molecule has 0 aliphatic carbocycles. The van der Waals surface area contributed by atoms with Crippen LogP contribution in [0, 0.1) is 0 Å². The van der Waals surface area contributed by atoms with Crippen LogP contribution in [0.15, 0.2) is 24.3 Å². The highest BCUT2D eigenvalue weighted by Crippen LogP contribution is 2.32. The number of alkyl halides is 3. The lowest BCUT2D eigenvalue weighted by Gasteiger charge is -2.11. The van der Waals surface area contributed by atoms with Gasteiger partial charge in [0.15, 0.2) is 0 Å². The van der Waals surface area contributed by atoms with Gasteiger partial charge in [0.1, 0.15) is 0 Å². The van der Waals surface area contributed by atoms with E-state index in [0.717, 1.165) is 23.7 Å². The van der Waals surface area contributed by atoms with Gasteiger partial charge in [0.25, 0.3) is 5.91 Å². The van der Waals surface area contributed by atoms with E-state index >= 15 is 0 Å². The van der Waals surface area contributed by atoms with Crippen LogP contribution in [0.3, 0.4) is 0 Å². The molecule has 2 rings (SSSR count). The second-order valence-corrected chi connectivity index (χ2v) is 4.46. The van der Waals surface area contributed by atoms with Crippen molar-refractivity contribution in [2.75, 3.05) is 5.32 Å². The van der Waals surface area contributed by atoms with Crippen molar-refractivity contribution in [3.8, 4) is 0 Å². The molecule has 9 heteroatoms. The molecular weight excluding hydrogens is 303 g/mol. The minimum absolute atomic E-state index is 0.0342. The molecule has 1 N–H and O–H groups in total. The zero-order valence-corrected chi connectivity index (χ0v) is 10.6. The maximum atomic E-state index is 12.7. The van der Waals surface area contributed by atoms with Crippen molar-refractivity contribution in [3.05, 3.63) is 40.7 Å². The van der Waals surface area contributed by atoms with Crippen molar-refractivity contribution in [3.63, 3.8) is 0 Å². The first kappa shape index (κ1) is 13.8. The van der Waals surface area contributed by atoms with Crippen molar-refractivity contribution in [2.45, 2.75) is 6.18 Å². The quantitative estimate of drug-likeness (QED) is 0.924.